The summed E-state index contributed by atoms with van der Waals surface area (Å²) < 4.78 is 36.5. The molecule has 46 heavy (non-hydrogen) atoms. The van der Waals surface area contributed by atoms with Crippen molar-refractivity contribution in [2.45, 2.75) is 48.8 Å². The Morgan fingerprint density at radius 1 is 1.15 bits per heavy atom. The van der Waals surface area contributed by atoms with Crippen molar-refractivity contribution in [3.63, 3.8) is 0 Å². The summed E-state index contributed by atoms with van der Waals surface area (Å²) >= 11 is 1.63. The standard InChI is InChI=1S/C29H29N5O9S3/c1-3-29(13-12-21(35)31-27(29)39)18-6-8-19(9-7-18)30-28(40)43-14-17-15-44-25-22(24(36)34(25)23(17)26(37)38)32-45-33-46(41,42)20-10-4-16(2)5-11-20/h4-11,25,33H,3,12-15H2,1-2H3,(H,30,40)(H,37,38)(H,31,35,39)/b32-22-/t25-,29-/m1/s1. The minimum atomic E-state index is -3.90. The van der Waals surface area contributed by atoms with Gasteiger partial charge in [0.05, 0.1) is 22.4 Å². The summed E-state index contributed by atoms with van der Waals surface area (Å²) in [5.41, 5.74) is 0.962. The Balaban J connectivity index is 1.19. The summed E-state index contributed by atoms with van der Waals surface area (Å²) in [7, 11) is -3.90. The highest BCUT2D eigenvalue weighted by molar-refractivity contribution is 8.08. The monoisotopic (exact) mass is 687 g/mol. The third kappa shape index (κ3) is 6.53. The second kappa shape index (κ2) is 13.3. The second-order valence-corrected chi connectivity index (χ2v) is 14.2. The normalized spacial score (nSPS) is 22.2. The molecule has 2 fully saturated rings. The number of aryl methyl sites for hydroxylation is 1. The smallest absolute Gasteiger partial charge is 0.411 e. The van der Waals surface area contributed by atoms with Crippen LogP contribution in [0, 0.1) is 6.92 Å². The van der Waals surface area contributed by atoms with E-state index in [2.05, 4.69) is 19.2 Å². The lowest BCUT2D eigenvalue weighted by Crippen LogP contribution is -2.62. The van der Waals surface area contributed by atoms with E-state index in [4.69, 9.17) is 4.74 Å². The molecule has 2 saturated heterocycles. The summed E-state index contributed by atoms with van der Waals surface area (Å²) in [6.07, 6.45) is 0.226. The predicted octanol–water partition coefficient (Wildman–Crippen LogP) is 2.86. The van der Waals surface area contributed by atoms with E-state index < -0.39 is 45.4 Å². The van der Waals surface area contributed by atoms with Gasteiger partial charge >= 0.3 is 12.1 Å². The first-order valence-electron chi connectivity index (χ1n) is 14.0. The molecule has 3 aliphatic heterocycles. The average molecular weight is 688 g/mol. The number of imide groups is 1. The summed E-state index contributed by atoms with van der Waals surface area (Å²) in [5, 5.41) is 14.1. The number of fused-ring (bicyclic) bond motifs is 1. The molecule has 0 unspecified atom stereocenters. The maximum absolute atomic E-state index is 12.9. The maximum Gasteiger partial charge on any atom is 0.411 e. The molecule has 4 N–H and O–H groups in total. The van der Waals surface area contributed by atoms with Crippen molar-refractivity contribution in [1.29, 1.82) is 0 Å². The highest BCUT2D eigenvalue weighted by atomic mass is 32.3. The van der Waals surface area contributed by atoms with Gasteiger partial charge in [-0.2, -0.15) is 4.40 Å². The van der Waals surface area contributed by atoms with E-state index in [9.17, 15) is 37.5 Å². The second-order valence-electron chi connectivity index (χ2n) is 10.7. The molecule has 0 radical (unpaired) electrons. The number of aliphatic carboxylic acids is 1. The quantitative estimate of drug-likeness (QED) is 0.163. The number of carbonyl (C=O) groups is 5. The molecule has 2 aromatic carbocycles. The number of nitrogens with zero attached hydrogens (tertiary/aromatic N) is 2. The van der Waals surface area contributed by atoms with Crippen molar-refractivity contribution < 1.29 is 42.2 Å². The molecule has 0 spiro atoms. The van der Waals surface area contributed by atoms with Gasteiger partial charge in [0.15, 0.2) is 0 Å². The van der Waals surface area contributed by atoms with E-state index in [1.807, 2.05) is 13.8 Å². The van der Waals surface area contributed by atoms with Crippen LogP contribution in [0.25, 0.3) is 0 Å². The Bertz CT molecular complexity index is 1780. The number of carbonyl (C=O) groups excluding carboxylic acids is 4. The summed E-state index contributed by atoms with van der Waals surface area (Å²) in [4.78, 5) is 62.8. The number of piperidine rings is 1. The van der Waals surface area contributed by atoms with E-state index in [0.29, 0.717) is 36.2 Å². The van der Waals surface area contributed by atoms with Crippen molar-refractivity contribution in [3.8, 4) is 0 Å². The number of thioether (sulfide) groups is 1. The fraction of sp³-hybridized carbons (Fsp3) is 0.310. The first-order valence-corrected chi connectivity index (χ1v) is 17.3. The van der Waals surface area contributed by atoms with Crippen LogP contribution in [0.1, 0.15) is 37.3 Å². The first-order chi connectivity index (χ1) is 21.9. The third-order valence-corrected chi connectivity index (χ3v) is 11.5. The van der Waals surface area contributed by atoms with Crippen molar-refractivity contribution in [1.82, 2.24) is 14.3 Å². The van der Waals surface area contributed by atoms with Crippen molar-refractivity contribution in [3.05, 3.63) is 70.9 Å². The fourth-order valence-corrected chi connectivity index (χ4v) is 8.26. The molecule has 2 aromatic rings. The lowest BCUT2D eigenvalue weighted by Gasteiger charge is -2.44. The van der Waals surface area contributed by atoms with Gasteiger partial charge in [-0.15, -0.1) is 15.9 Å². The number of benzene rings is 2. The number of β-lactam (4-membered cyclic amide) rings is 1. The van der Waals surface area contributed by atoms with Gasteiger partial charge < -0.3 is 9.84 Å². The molecule has 14 nitrogen and oxygen atoms in total. The molecule has 3 heterocycles. The average Bonchev–Trinajstić information content (AvgIpc) is 3.02. The van der Waals surface area contributed by atoms with Crippen molar-refractivity contribution >= 4 is 75.1 Å². The zero-order chi connectivity index (χ0) is 33.2. The van der Waals surface area contributed by atoms with Crippen LogP contribution >= 0.6 is 23.9 Å². The lowest BCUT2D eigenvalue weighted by atomic mass is 9.72. The summed E-state index contributed by atoms with van der Waals surface area (Å²) in [5.74, 6) is -2.66. The number of nitrogens with one attached hydrogen (secondary N) is 3. The van der Waals surface area contributed by atoms with E-state index >= 15 is 0 Å². The number of anilines is 1. The number of sulfonamides is 1. The Morgan fingerprint density at radius 2 is 1.85 bits per heavy atom. The summed E-state index contributed by atoms with van der Waals surface area (Å²) in [6.45, 7) is 3.28. The van der Waals surface area contributed by atoms with E-state index in [0.717, 1.165) is 10.5 Å². The summed E-state index contributed by atoms with van der Waals surface area (Å²) in [6, 6.07) is 12.7. The fourth-order valence-electron chi connectivity index (χ4n) is 5.26. The number of rotatable bonds is 10. The van der Waals surface area contributed by atoms with Crippen LogP contribution in [0.4, 0.5) is 10.5 Å². The SMILES string of the molecule is CC[C@]1(c2ccc(NC(=O)OCC3=C(C(=O)O)N4C(=O)/C(=N/SNS(=O)(=O)c5ccc(C)cc5)[C@H]4SC3)cc2)CCC(=O)NC1=O. The van der Waals surface area contributed by atoms with Crippen molar-refractivity contribution in [2.24, 2.45) is 4.40 Å². The molecule has 0 aliphatic carbocycles. The predicted molar refractivity (Wildman–Crippen MR) is 170 cm³/mol. The van der Waals surface area contributed by atoms with Crippen molar-refractivity contribution in [2.75, 3.05) is 17.7 Å². The van der Waals surface area contributed by atoms with Gasteiger partial charge in [0.1, 0.15) is 23.4 Å². The number of hydrogen-bond acceptors (Lipinski definition) is 11. The van der Waals surface area contributed by atoms with Gasteiger partial charge in [-0.05, 0) is 49.6 Å². The minimum Gasteiger partial charge on any atom is -0.477 e. The Morgan fingerprint density at radius 3 is 2.48 bits per heavy atom. The third-order valence-electron chi connectivity index (χ3n) is 7.85. The van der Waals surface area contributed by atoms with Gasteiger partial charge in [-0.1, -0.05) is 36.8 Å². The van der Waals surface area contributed by atoms with Gasteiger partial charge in [-0.25, -0.2) is 18.0 Å². The molecule has 0 aromatic heterocycles. The van der Waals surface area contributed by atoms with Crippen LogP contribution < -0.4 is 14.8 Å². The number of ether oxygens (including phenoxy) is 1. The molecule has 17 heteroatoms. The highest BCUT2D eigenvalue weighted by Crippen LogP contribution is 2.40. The topological polar surface area (TPSA) is 201 Å². The molecule has 0 saturated carbocycles. The van der Waals surface area contributed by atoms with Gasteiger partial charge in [0.2, 0.25) is 11.8 Å². The van der Waals surface area contributed by atoms with E-state index in [1.165, 1.54) is 23.9 Å². The zero-order valence-corrected chi connectivity index (χ0v) is 27.0. The zero-order valence-electron chi connectivity index (χ0n) is 24.6. The molecule has 5 rings (SSSR count). The first kappa shape index (κ1) is 33.2. The minimum absolute atomic E-state index is 0.0105. The molecule has 3 aliphatic rings. The van der Waals surface area contributed by atoms with E-state index in [1.54, 1.807) is 36.4 Å². The molecular weight excluding hydrogens is 659 g/mol. The van der Waals surface area contributed by atoms with Crippen LogP contribution in [0.3, 0.4) is 0 Å². The molecule has 4 amide bonds. The number of carboxylic acids is 1. The largest absolute Gasteiger partial charge is 0.477 e. The van der Waals surface area contributed by atoms with Crippen LogP contribution in [0.15, 0.2) is 69.1 Å². The molecule has 2 atom stereocenters. The van der Waals surface area contributed by atoms with Gasteiger partial charge in [-0.3, -0.25) is 29.9 Å². The number of hydrogen-bond donors (Lipinski definition) is 4. The number of amides is 4. The highest BCUT2D eigenvalue weighted by Gasteiger charge is 2.51. The van der Waals surface area contributed by atoms with Gasteiger partial charge in [0, 0.05) is 23.4 Å². The van der Waals surface area contributed by atoms with Crippen LogP contribution in [-0.2, 0) is 39.4 Å². The Kier molecular flexibility index (Phi) is 9.57. The Labute approximate surface area is 272 Å². The maximum atomic E-state index is 12.9. The van der Waals surface area contributed by atoms with Crippen LogP contribution in [-0.4, -0.2) is 71.7 Å². The van der Waals surface area contributed by atoms with Gasteiger partial charge in [0.25, 0.3) is 15.9 Å². The molecular formula is C29H29N5O9S3. The lowest BCUT2D eigenvalue weighted by molar-refractivity contribution is -0.139. The molecule has 242 valence electrons. The Hall–Kier alpha value is -4.19. The molecule has 0 bridgehead atoms. The number of carboxylic acid groups (broad SMARTS) is 1. The van der Waals surface area contributed by atoms with E-state index in [-0.39, 0.29) is 45.9 Å². The van der Waals surface area contributed by atoms with Crippen LogP contribution in [0.5, 0.6) is 0 Å². The van der Waals surface area contributed by atoms with Crippen LogP contribution in [0.2, 0.25) is 0 Å².